The molecule has 3 aliphatic heterocycles. The third-order valence-electron chi connectivity index (χ3n) is 9.07. The fourth-order valence-corrected chi connectivity index (χ4v) is 6.65. The number of carbonyl (C=O) groups is 1. The first-order chi connectivity index (χ1) is 19.9. The first-order valence-electron chi connectivity index (χ1n) is 14.0. The number of anilines is 2. The van der Waals surface area contributed by atoms with Crippen LogP contribution in [-0.2, 0) is 23.9 Å². The number of aryl methyl sites for hydroxylation is 1. The monoisotopic (exact) mass is 554 g/mol. The molecular formula is C30H34N8O3. The van der Waals surface area contributed by atoms with Crippen molar-refractivity contribution in [1.82, 2.24) is 29.3 Å². The Balaban J connectivity index is 1.20. The normalized spacial score (nSPS) is 18.9. The van der Waals surface area contributed by atoms with Crippen LogP contribution in [0.2, 0.25) is 0 Å². The van der Waals surface area contributed by atoms with E-state index in [4.69, 9.17) is 25.2 Å². The molecule has 3 aliphatic rings. The number of para-hydroxylation sites is 1. The van der Waals surface area contributed by atoms with Crippen molar-refractivity contribution in [2.45, 2.75) is 31.0 Å². The lowest BCUT2D eigenvalue weighted by molar-refractivity contribution is -0.0852. The van der Waals surface area contributed by atoms with Gasteiger partial charge in [-0.2, -0.15) is 0 Å². The molecule has 1 spiro atoms. The van der Waals surface area contributed by atoms with E-state index in [-0.39, 0.29) is 11.2 Å². The minimum Gasteiger partial charge on any atom is -0.494 e. The number of hydrogen-bond donors (Lipinski definition) is 2. The van der Waals surface area contributed by atoms with E-state index in [1.807, 2.05) is 35.9 Å². The van der Waals surface area contributed by atoms with E-state index in [2.05, 4.69) is 33.2 Å². The summed E-state index contributed by atoms with van der Waals surface area (Å²) in [5, 5.41) is 3.31. The van der Waals surface area contributed by atoms with Crippen molar-refractivity contribution < 1.29 is 14.3 Å². The van der Waals surface area contributed by atoms with E-state index >= 15 is 0 Å². The van der Waals surface area contributed by atoms with Gasteiger partial charge in [0, 0.05) is 38.3 Å². The maximum Gasteiger partial charge on any atom is 0.269 e. The molecule has 3 N–H and O–H groups in total. The number of nitrogens with one attached hydrogen (secondary N) is 1. The third kappa shape index (κ3) is 4.14. The van der Waals surface area contributed by atoms with Crippen molar-refractivity contribution in [3.05, 3.63) is 59.7 Å². The maximum absolute atomic E-state index is 12.6. The molecule has 41 heavy (non-hydrogen) atoms. The third-order valence-corrected chi connectivity index (χ3v) is 9.07. The highest BCUT2D eigenvalue weighted by Gasteiger charge is 2.47. The number of amides is 1. The maximum atomic E-state index is 12.6. The van der Waals surface area contributed by atoms with Crippen LogP contribution in [0, 0.1) is 0 Å². The number of pyridine rings is 2. The summed E-state index contributed by atoms with van der Waals surface area (Å²) in [6.45, 7) is 4.59. The molecule has 4 aromatic rings. The highest BCUT2D eigenvalue weighted by molar-refractivity contribution is 6.00. The van der Waals surface area contributed by atoms with Crippen LogP contribution in [-0.4, -0.2) is 81.7 Å². The number of piperidine rings is 1. The van der Waals surface area contributed by atoms with Crippen molar-refractivity contribution in [3.8, 4) is 17.0 Å². The number of likely N-dealkylation sites (tertiary alicyclic amines) is 1. The summed E-state index contributed by atoms with van der Waals surface area (Å²) in [4.78, 5) is 31.8. The molecule has 7 rings (SSSR count). The van der Waals surface area contributed by atoms with Crippen LogP contribution in [0.15, 0.2) is 42.7 Å². The second kappa shape index (κ2) is 9.79. The van der Waals surface area contributed by atoms with Gasteiger partial charge in [-0.15, -0.1) is 0 Å². The number of aromatic nitrogens is 4. The van der Waals surface area contributed by atoms with Gasteiger partial charge in [0.1, 0.15) is 17.3 Å². The second-order valence-corrected chi connectivity index (χ2v) is 11.3. The summed E-state index contributed by atoms with van der Waals surface area (Å²) in [6.07, 6.45) is 3.89. The fraction of sp³-hybridized carbons (Fsp3) is 0.400. The molecular weight excluding hydrogens is 520 g/mol. The van der Waals surface area contributed by atoms with Crippen molar-refractivity contribution in [3.63, 3.8) is 0 Å². The standard InChI is InChI=1S/C30H34N8O3/c1-36-17-32-26-19(5-4-6-23(26)36)27-24(40-3)13-21(28(35-27)29(31)39)33-25-8-7-20-22(34-25)14-37(2)30(20)9-11-38(12-10-30)18-15-41-16-18/h4-8,13,17-18H,9-12,14-16H2,1-3H3,(H2,31,39)(H,33,34). The van der Waals surface area contributed by atoms with Crippen LogP contribution in [0.3, 0.4) is 0 Å². The number of carbonyl (C=O) groups excluding carboxylic acids is 1. The smallest absolute Gasteiger partial charge is 0.269 e. The molecule has 0 atom stereocenters. The van der Waals surface area contributed by atoms with Crippen LogP contribution in [0.5, 0.6) is 5.75 Å². The number of rotatable bonds is 6. The predicted octanol–water partition coefficient (Wildman–Crippen LogP) is 3.02. The molecule has 0 saturated carbocycles. The SMILES string of the molecule is COc1cc(Nc2ccc3c(n2)CN(C)C32CCN(C3COC3)CC2)c(C(N)=O)nc1-c1cccc2c1ncn2C. The Morgan fingerprint density at radius 1 is 1.15 bits per heavy atom. The number of methoxy groups -OCH3 is 1. The van der Waals surface area contributed by atoms with Crippen molar-refractivity contribution in [2.75, 3.05) is 45.8 Å². The summed E-state index contributed by atoms with van der Waals surface area (Å²) >= 11 is 0. The Labute approximate surface area is 238 Å². The lowest BCUT2D eigenvalue weighted by Crippen LogP contribution is -2.56. The first kappa shape index (κ1) is 25.9. The molecule has 3 aromatic heterocycles. The van der Waals surface area contributed by atoms with E-state index in [1.54, 1.807) is 19.5 Å². The van der Waals surface area contributed by atoms with Gasteiger partial charge < -0.3 is 25.1 Å². The molecule has 1 amide bonds. The van der Waals surface area contributed by atoms with Crippen molar-refractivity contribution >= 4 is 28.4 Å². The number of fused-ring (bicyclic) bond motifs is 3. The van der Waals surface area contributed by atoms with Gasteiger partial charge >= 0.3 is 0 Å². The Morgan fingerprint density at radius 2 is 1.95 bits per heavy atom. The minimum atomic E-state index is -0.645. The van der Waals surface area contributed by atoms with Crippen molar-refractivity contribution in [1.29, 1.82) is 0 Å². The molecule has 11 nitrogen and oxygen atoms in total. The Bertz CT molecular complexity index is 1660. The molecule has 0 unspecified atom stereocenters. The molecule has 6 heterocycles. The average molecular weight is 555 g/mol. The zero-order valence-corrected chi connectivity index (χ0v) is 23.6. The van der Waals surface area contributed by atoms with Gasteiger partial charge in [-0.25, -0.2) is 15.0 Å². The predicted molar refractivity (Wildman–Crippen MR) is 155 cm³/mol. The van der Waals surface area contributed by atoms with E-state index in [9.17, 15) is 4.79 Å². The summed E-state index contributed by atoms with van der Waals surface area (Å²) < 4.78 is 13.1. The average Bonchev–Trinajstić information content (AvgIpc) is 3.45. The number of imidazole rings is 1. The lowest BCUT2D eigenvalue weighted by Gasteiger charge is -2.48. The van der Waals surface area contributed by atoms with E-state index in [0.29, 0.717) is 29.0 Å². The molecule has 0 aliphatic carbocycles. The molecule has 212 valence electrons. The van der Waals surface area contributed by atoms with Crippen LogP contribution in [0.1, 0.15) is 34.6 Å². The van der Waals surface area contributed by atoms with Gasteiger partial charge in [0.2, 0.25) is 0 Å². The number of nitrogens with two attached hydrogens (primary N) is 1. The molecule has 2 fully saturated rings. The summed E-state index contributed by atoms with van der Waals surface area (Å²) in [7, 11) is 5.71. The quantitative estimate of drug-likeness (QED) is 0.370. The van der Waals surface area contributed by atoms with Gasteiger partial charge in [0.05, 0.1) is 60.6 Å². The zero-order valence-electron chi connectivity index (χ0n) is 23.6. The molecule has 11 heteroatoms. The molecule has 0 bridgehead atoms. The Hall–Kier alpha value is -4.06. The van der Waals surface area contributed by atoms with Gasteiger partial charge in [-0.05, 0) is 37.6 Å². The van der Waals surface area contributed by atoms with Crippen LogP contribution in [0.4, 0.5) is 11.5 Å². The Morgan fingerprint density at radius 3 is 2.66 bits per heavy atom. The molecule has 0 radical (unpaired) electrons. The first-order valence-corrected chi connectivity index (χ1v) is 14.0. The minimum absolute atomic E-state index is 0.000725. The molecule has 1 aromatic carbocycles. The number of nitrogens with zero attached hydrogens (tertiary/aromatic N) is 6. The van der Waals surface area contributed by atoms with Crippen LogP contribution < -0.4 is 15.8 Å². The summed E-state index contributed by atoms with van der Waals surface area (Å²) in [5.41, 5.74) is 11.7. The highest BCUT2D eigenvalue weighted by Crippen LogP contribution is 2.46. The number of benzene rings is 1. The van der Waals surface area contributed by atoms with Crippen LogP contribution >= 0.6 is 0 Å². The number of ether oxygens (including phenoxy) is 2. The van der Waals surface area contributed by atoms with Gasteiger partial charge in [0.15, 0.2) is 5.69 Å². The number of primary amides is 1. The topological polar surface area (TPSA) is 124 Å². The van der Waals surface area contributed by atoms with Gasteiger partial charge in [-0.1, -0.05) is 18.2 Å². The van der Waals surface area contributed by atoms with Crippen LogP contribution in [0.25, 0.3) is 22.3 Å². The van der Waals surface area contributed by atoms with E-state index < -0.39 is 5.91 Å². The lowest BCUT2D eigenvalue weighted by atomic mass is 9.81. The zero-order chi connectivity index (χ0) is 28.3. The summed E-state index contributed by atoms with van der Waals surface area (Å²) in [5.74, 6) is 0.483. The van der Waals surface area contributed by atoms with E-state index in [0.717, 1.165) is 68.0 Å². The Kier molecular flexibility index (Phi) is 6.18. The fourth-order valence-electron chi connectivity index (χ4n) is 6.65. The molecule has 2 saturated heterocycles. The van der Waals surface area contributed by atoms with Gasteiger partial charge in [0.25, 0.3) is 5.91 Å². The summed E-state index contributed by atoms with van der Waals surface area (Å²) in [6, 6.07) is 12.3. The number of hydrogen-bond acceptors (Lipinski definition) is 9. The van der Waals surface area contributed by atoms with E-state index in [1.165, 1.54) is 5.56 Å². The van der Waals surface area contributed by atoms with Gasteiger partial charge in [-0.3, -0.25) is 14.6 Å². The second-order valence-electron chi connectivity index (χ2n) is 11.3. The van der Waals surface area contributed by atoms with Crippen molar-refractivity contribution in [2.24, 2.45) is 12.8 Å². The largest absolute Gasteiger partial charge is 0.494 e. The highest BCUT2D eigenvalue weighted by atomic mass is 16.5.